The van der Waals surface area contributed by atoms with Crippen molar-refractivity contribution in [2.24, 2.45) is 5.92 Å². The number of aromatic nitrogens is 2. The van der Waals surface area contributed by atoms with Gasteiger partial charge >= 0.3 is 6.18 Å². The van der Waals surface area contributed by atoms with Gasteiger partial charge in [0.15, 0.2) is 0 Å². The van der Waals surface area contributed by atoms with Crippen LogP contribution in [0, 0.1) is 12.8 Å². The molecule has 3 unspecified atom stereocenters. The van der Waals surface area contributed by atoms with Crippen molar-refractivity contribution in [1.82, 2.24) is 9.78 Å². The first kappa shape index (κ1) is 14.0. The molecule has 0 aromatic carbocycles. The molecular weight excluding hydrogens is 261 g/mol. The predicted molar refractivity (Wildman–Crippen MR) is 61.7 cm³/mol. The summed E-state index contributed by atoms with van der Waals surface area (Å²) in [5.74, 6) is -1.64. The quantitative estimate of drug-likeness (QED) is 0.851. The number of alkyl halides is 3. The predicted octanol–water partition coefficient (Wildman–Crippen LogP) is 1.82. The fourth-order valence-corrected chi connectivity index (χ4v) is 2.53. The van der Waals surface area contributed by atoms with Gasteiger partial charge in [0.05, 0.1) is 24.3 Å². The van der Waals surface area contributed by atoms with E-state index in [-0.39, 0.29) is 19.3 Å². The smallest absolute Gasteiger partial charge is 0.393 e. The lowest BCUT2D eigenvalue weighted by Gasteiger charge is -2.35. The normalized spacial score (nSPS) is 28.4. The summed E-state index contributed by atoms with van der Waals surface area (Å²) in [6.07, 6.45) is -4.04. The molecule has 106 valence electrons. The van der Waals surface area contributed by atoms with Crippen LogP contribution in [0.5, 0.6) is 0 Å². The number of aliphatic hydroxyl groups is 1. The number of halogens is 3. The van der Waals surface area contributed by atoms with E-state index in [4.69, 9.17) is 0 Å². The average Bonchev–Trinajstić information content (AvgIpc) is 2.27. The second kappa shape index (κ2) is 4.96. The van der Waals surface area contributed by atoms with Crippen molar-refractivity contribution in [2.45, 2.75) is 44.5 Å². The number of nitrogens with zero attached hydrogens (tertiary/aromatic N) is 2. The van der Waals surface area contributed by atoms with Crippen LogP contribution >= 0.6 is 0 Å². The second-order valence-electron chi connectivity index (χ2n) is 5.00. The fourth-order valence-electron chi connectivity index (χ4n) is 2.53. The van der Waals surface area contributed by atoms with E-state index in [0.717, 1.165) is 4.68 Å². The Bertz CT molecular complexity index is 512. The first-order valence-electron chi connectivity index (χ1n) is 6.09. The second-order valence-corrected chi connectivity index (χ2v) is 5.00. The summed E-state index contributed by atoms with van der Waals surface area (Å²) in [5.41, 5.74) is 0.0366. The Labute approximate surface area is 107 Å². The molecule has 1 aliphatic carbocycles. The molecule has 2 rings (SSSR count). The third-order valence-corrected chi connectivity index (χ3v) is 3.49. The Kier molecular flexibility index (Phi) is 3.66. The van der Waals surface area contributed by atoms with E-state index in [1.807, 2.05) is 0 Å². The Morgan fingerprint density at radius 2 is 2.11 bits per heavy atom. The maximum Gasteiger partial charge on any atom is 0.393 e. The van der Waals surface area contributed by atoms with Gasteiger partial charge in [-0.05, 0) is 31.7 Å². The molecule has 1 aliphatic rings. The molecule has 7 heteroatoms. The lowest BCUT2D eigenvalue weighted by atomic mass is 9.82. The Balaban J connectivity index is 2.40. The van der Waals surface area contributed by atoms with Crippen LogP contribution in [0.15, 0.2) is 17.1 Å². The molecule has 1 aromatic rings. The van der Waals surface area contributed by atoms with Crippen LogP contribution in [0.1, 0.15) is 30.9 Å². The van der Waals surface area contributed by atoms with Gasteiger partial charge in [-0.3, -0.25) is 4.79 Å². The Hall–Kier alpha value is -1.37. The zero-order chi connectivity index (χ0) is 14.2. The summed E-state index contributed by atoms with van der Waals surface area (Å²) in [7, 11) is 0. The molecule has 0 saturated heterocycles. The molecule has 4 nitrogen and oxygen atoms in total. The van der Waals surface area contributed by atoms with Crippen LogP contribution in [-0.2, 0) is 0 Å². The standard InChI is InChI=1S/C12H15F3N2O2/c1-7-4-11(19)17(16-6-7)10-5-8(18)2-3-9(10)12(13,14)15/h4,6,8-10,18H,2-3,5H2,1H3. The zero-order valence-corrected chi connectivity index (χ0v) is 10.4. The van der Waals surface area contributed by atoms with E-state index in [2.05, 4.69) is 5.10 Å². The molecule has 1 saturated carbocycles. The molecule has 0 radical (unpaired) electrons. The zero-order valence-electron chi connectivity index (χ0n) is 10.4. The molecule has 19 heavy (non-hydrogen) atoms. The van der Waals surface area contributed by atoms with E-state index in [1.54, 1.807) is 6.92 Å². The minimum atomic E-state index is -4.39. The van der Waals surface area contributed by atoms with Gasteiger partial charge < -0.3 is 5.11 Å². The lowest BCUT2D eigenvalue weighted by molar-refractivity contribution is -0.200. The Morgan fingerprint density at radius 1 is 1.42 bits per heavy atom. The molecular formula is C12H15F3N2O2. The summed E-state index contributed by atoms with van der Waals surface area (Å²) in [6, 6.07) is 0.123. The molecule has 3 atom stereocenters. The molecule has 1 fully saturated rings. The summed E-state index contributed by atoms with van der Waals surface area (Å²) in [6.45, 7) is 1.65. The highest BCUT2D eigenvalue weighted by atomic mass is 19.4. The van der Waals surface area contributed by atoms with E-state index in [1.165, 1.54) is 12.3 Å². The number of aryl methyl sites for hydroxylation is 1. The van der Waals surface area contributed by atoms with E-state index >= 15 is 0 Å². The van der Waals surface area contributed by atoms with Crippen molar-refractivity contribution in [3.8, 4) is 0 Å². The van der Waals surface area contributed by atoms with Gasteiger partial charge in [0.1, 0.15) is 0 Å². The topological polar surface area (TPSA) is 55.1 Å². The van der Waals surface area contributed by atoms with Crippen LogP contribution in [0.2, 0.25) is 0 Å². The van der Waals surface area contributed by atoms with E-state index < -0.39 is 29.8 Å². The summed E-state index contributed by atoms with van der Waals surface area (Å²) >= 11 is 0. The molecule has 1 aromatic heterocycles. The van der Waals surface area contributed by atoms with Gasteiger partial charge in [0, 0.05) is 6.07 Å². The summed E-state index contributed by atoms with van der Waals surface area (Å²) in [5, 5.41) is 13.4. The number of rotatable bonds is 1. The largest absolute Gasteiger partial charge is 0.393 e. The van der Waals surface area contributed by atoms with Crippen molar-refractivity contribution in [2.75, 3.05) is 0 Å². The molecule has 1 N–H and O–H groups in total. The Morgan fingerprint density at radius 3 is 2.68 bits per heavy atom. The van der Waals surface area contributed by atoms with Gasteiger partial charge in [0.25, 0.3) is 5.56 Å². The van der Waals surface area contributed by atoms with Gasteiger partial charge in [-0.2, -0.15) is 18.3 Å². The van der Waals surface area contributed by atoms with Gasteiger partial charge in [-0.1, -0.05) is 0 Å². The molecule has 1 heterocycles. The van der Waals surface area contributed by atoms with Crippen LogP contribution in [0.3, 0.4) is 0 Å². The molecule has 0 amide bonds. The molecule has 0 spiro atoms. The molecule has 0 aliphatic heterocycles. The van der Waals surface area contributed by atoms with Crippen molar-refractivity contribution < 1.29 is 18.3 Å². The highest BCUT2D eigenvalue weighted by molar-refractivity contribution is 5.04. The van der Waals surface area contributed by atoms with E-state index in [9.17, 15) is 23.1 Å². The fraction of sp³-hybridized carbons (Fsp3) is 0.667. The average molecular weight is 276 g/mol. The van der Waals surface area contributed by atoms with Crippen molar-refractivity contribution in [3.05, 3.63) is 28.2 Å². The first-order valence-corrected chi connectivity index (χ1v) is 6.09. The van der Waals surface area contributed by atoms with Crippen LogP contribution < -0.4 is 5.56 Å². The number of hydrogen-bond acceptors (Lipinski definition) is 3. The highest BCUT2D eigenvalue weighted by Crippen LogP contribution is 2.43. The minimum Gasteiger partial charge on any atom is -0.393 e. The third-order valence-electron chi connectivity index (χ3n) is 3.49. The highest BCUT2D eigenvalue weighted by Gasteiger charge is 2.48. The van der Waals surface area contributed by atoms with Crippen LogP contribution in [0.25, 0.3) is 0 Å². The maximum absolute atomic E-state index is 13.0. The summed E-state index contributed by atoms with van der Waals surface area (Å²) < 4.78 is 39.8. The van der Waals surface area contributed by atoms with Gasteiger partial charge in [-0.25, -0.2) is 4.68 Å². The van der Waals surface area contributed by atoms with E-state index in [0.29, 0.717) is 5.56 Å². The first-order chi connectivity index (χ1) is 8.79. The van der Waals surface area contributed by atoms with Gasteiger partial charge in [0.2, 0.25) is 0 Å². The van der Waals surface area contributed by atoms with Crippen LogP contribution in [0.4, 0.5) is 13.2 Å². The van der Waals surface area contributed by atoms with Crippen LogP contribution in [-0.4, -0.2) is 27.2 Å². The third kappa shape index (κ3) is 2.97. The number of hydrogen-bond donors (Lipinski definition) is 1. The van der Waals surface area contributed by atoms with Gasteiger partial charge in [-0.15, -0.1) is 0 Å². The van der Waals surface area contributed by atoms with Crippen molar-refractivity contribution in [1.29, 1.82) is 0 Å². The minimum absolute atomic E-state index is 0.0971. The number of aliphatic hydroxyl groups excluding tert-OH is 1. The SMILES string of the molecule is Cc1cnn(C2CC(O)CCC2C(F)(F)F)c(=O)c1. The molecule has 0 bridgehead atoms. The lowest BCUT2D eigenvalue weighted by Crippen LogP contribution is -2.42. The van der Waals surface area contributed by atoms with Crippen molar-refractivity contribution in [3.63, 3.8) is 0 Å². The maximum atomic E-state index is 13.0. The monoisotopic (exact) mass is 276 g/mol. The van der Waals surface area contributed by atoms with Crippen molar-refractivity contribution >= 4 is 0 Å². The summed E-state index contributed by atoms with van der Waals surface area (Å²) in [4.78, 5) is 11.8.